The third kappa shape index (κ3) is 2.83. The molecule has 0 radical (unpaired) electrons. The van der Waals surface area contributed by atoms with Crippen LogP contribution in [0.5, 0.6) is 0 Å². The van der Waals surface area contributed by atoms with Gasteiger partial charge in [-0.25, -0.2) is 0 Å². The molecule has 2 rings (SSSR count). The normalized spacial score (nSPS) is 12.1. The molecule has 7 nitrogen and oxygen atoms in total. The van der Waals surface area contributed by atoms with Gasteiger partial charge in [-0.3, -0.25) is 14.4 Å². The SMILES string of the molecule is NC(=O)C(O)CNC(=O)c1cc(=O)c2ccccc2[nH]1. The summed E-state index contributed by atoms with van der Waals surface area (Å²) in [5.41, 5.74) is 5.14. The quantitative estimate of drug-likeness (QED) is 0.577. The molecule has 1 unspecified atom stereocenters. The van der Waals surface area contributed by atoms with E-state index in [9.17, 15) is 19.5 Å². The molecule has 1 aromatic heterocycles. The lowest BCUT2D eigenvalue weighted by atomic mass is 10.2. The Balaban J connectivity index is 2.23. The largest absolute Gasteiger partial charge is 0.381 e. The van der Waals surface area contributed by atoms with E-state index in [1.807, 2.05) is 0 Å². The molecule has 0 spiro atoms. The monoisotopic (exact) mass is 275 g/mol. The van der Waals surface area contributed by atoms with Gasteiger partial charge < -0.3 is 21.1 Å². The van der Waals surface area contributed by atoms with Gasteiger partial charge in [0.15, 0.2) is 5.43 Å². The van der Waals surface area contributed by atoms with Gasteiger partial charge in [-0.1, -0.05) is 12.1 Å². The minimum Gasteiger partial charge on any atom is -0.381 e. The number of H-pyrrole nitrogens is 1. The Bertz CT molecular complexity index is 723. The summed E-state index contributed by atoms with van der Waals surface area (Å²) in [6, 6.07) is 7.93. The van der Waals surface area contributed by atoms with E-state index in [-0.39, 0.29) is 17.7 Å². The van der Waals surface area contributed by atoms with Gasteiger partial charge in [0.25, 0.3) is 5.91 Å². The number of fused-ring (bicyclic) bond motifs is 1. The first-order valence-corrected chi connectivity index (χ1v) is 5.86. The molecule has 0 aliphatic heterocycles. The van der Waals surface area contributed by atoms with Crippen LogP contribution in [0.1, 0.15) is 10.5 Å². The third-order valence-electron chi connectivity index (χ3n) is 2.77. The average molecular weight is 275 g/mol. The van der Waals surface area contributed by atoms with Crippen molar-refractivity contribution < 1.29 is 14.7 Å². The second-order valence-corrected chi connectivity index (χ2v) is 4.22. The van der Waals surface area contributed by atoms with Crippen LogP contribution in [-0.4, -0.2) is 34.6 Å². The molecule has 1 atom stereocenters. The van der Waals surface area contributed by atoms with Crippen molar-refractivity contribution in [1.82, 2.24) is 10.3 Å². The summed E-state index contributed by atoms with van der Waals surface area (Å²) in [6.07, 6.45) is -1.47. The van der Waals surface area contributed by atoms with Crippen LogP contribution >= 0.6 is 0 Å². The zero-order valence-electron chi connectivity index (χ0n) is 10.4. The number of amides is 2. The fraction of sp³-hybridized carbons (Fsp3) is 0.154. The van der Waals surface area contributed by atoms with Crippen LogP contribution in [0.4, 0.5) is 0 Å². The molecule has 7 heteroatoms. The molecule has 0 bridgehead atoms. The van der Waals surface area contributed by atoms with Crippen LogP contribution in [0.3, 0.4) is 0 Å². The van der Waals surface area contributed by atoms with Crippen molar-refractivity contribution in [1.29, 1.82) is 0 Å². The maximum atomic E-state index is 11.8. The standard InChI is InChI=1S/C13H13N3O4/c14-12(19)11(18)6-15-13(20)9-5-10(17)7-3-1-2-4-8(7)16-9/h1-5,11,18H,6H2,(H2,14,19)(H,15,20)(H,16,17). The number of hydrogen-bond donors (Lipinski definition) is 4. The number of aliphatic hydroxyl groups is 1. The highest BCUT2D eigenvalue weighted by molar-refractivity contribution is 5.95. The molecule has 0 saturated heterocycles. The second-order valence-electron chi connectivity index (χ2n) is 4.22. The van der Waals surface area contributed by atoms with Crippen molar-refractivity contribution in [3.05, 3.63) is 46.2 Å². The number of aliphatic hydroxyl groups excluding tert-OH is 1. The number of aromatic nitrogens is 1. The number of carbonyl (C=O) groups is 2. The predicted octanol–water partition coefficient (Wildman–Crippen LogP) is -0.896. The Kier molecular flexibility index (Phi) is 3.81. The van der Waals surface area contributed by atoms with Gasteiger partial charge in [-0.2, -0.15) is 0 Å². The number of hydrogen-bond acceptors (Lipinski definition) is 4. The summed E-state index contributed by atoms with van der Waals surface area (Å²) in [7, 11) is 0. The van der Waals surface area contributed by atoms with Gasteiger partial charge in [-0.05, 0) is 12.1 Å². The Morgan fingerprint density at radius 2 is 2.05 bits per heavy atom. The summed E-state index contributed by atoms with van der Waals surface area (Å²) in [4.78, 5) is 37.1. The molecule has 2 amide bonds. The molecule has 2 aromatic rings. The molecule has 1 aromatic carbocycles. The highest BCUT2D eigenvalue weighted by Gasteiger charge is 2.14. The van der Waals surface area contributed by atoms with Crippen molar-refractivity contribution in [2.75, 3.05) is 6.54 Å². The fourth-order valence-electron chi connectivity index (χ4n) is 1.70. The van der Waals surface area contributed by atoms with E-state index in [1.165, 1.54) is 0 Å². The maximum absolute atomic E-state index is 11.8. The highest BCUT2D eigenvalue weighted by atomic mass is 16.3. The molecule has 0 aliphatic rings. The number of nitrogens with two attached hydrogens (primary N) is 1. The number of benzene rings is 1. The smallest absolute Gasteiger partial charge is 0.267 e. The zero-order valence-corrected chi connectivity index (χ0v) is 10.4. The van der Waals surface area contributed by atoms with Crippen LogP contribution in [0, 0.1) is 0 Å². The first-order chi connectivity index (χ1) is 9.49. The number of para-hydroxylation sites is 1. The number of primary amides is 1. The van der Waals surface area contributed by atoms with Crippen molar-refractivity contribution in [2.24, 2.45) is 5.73 Å². The summed E-state index contributed by atoms with van der Waals surface area (Å²) in [6.45, 7) is -0.316. The van der Waals surface area contributed by atoms with E-state index < -0.39 is 17.9 Å². The van der Waals surface area contributed by atoms with E-state index in [0.717, 1.165) is 6.07 Å². The third-order valence-corrected chi connectivity index (χ3v) is 2.77. The Labute approximate surface area is 113 Å². The van der Waals surface area contributed by atoms with Crippen molar-refractivity contribution in [3.8, 4) is 0 Å². The Morgan fingerprint density at radius 3 is 2.75 bits per heavy atom. The van der Waals surface area contributed by atoms with E-state index >= 15 is 0 Å². The van der Waals surface area contributed by atoms with Crippen LogP contribution < -0.4 is 16.5 Å². The number of rotatable bonds is 4. The van der Waals surface area contributed by atoms with Gasteiger partial charge in [0.05, 0.1) is 6.54 Å². The second kappa shape index (κ2) is 5.54. The molecule has 0 saturated carbocycles. The first-order valence-electron chi connectivity index (χ1n) is 5.86. The molecular formula is C13H13N3O4. The number of aromatic amines is 1. The molecule has 5 N–H and O–H groups in total. The zero-order chi connectivity index (χ0) is 14.7. The van der Waals surface area contributed by atoms with E-state index in [0.29, 0.717) is 10.9 Å². The van der Waals surface area contributed by atoms with E-state index in [1.54, 1.807) is 24.3 Å². The minimum atomic E-state index is -1.47. The summed E-state index contributed by atoms with van der Waals surface area (Å²) < 4.78 is 0. The van der Waals surface area contributed by atoms with Crippen LogP contribution in [0.15, 0.2) is 35.1 Å². The van der Waals surface area contributed by atoms with Crippen molar-refractivity contribution in [2.45, 2.75) is 6.10 Å². The molecule has 0 aliphatic carbocycles. The molecule has 0 fully saturated rings. The highest BCUT2D eigenvalue weighted by Crippen LogP contribution is 2.07. The fourth-order valence-corrected chi connectivity index (χ4v) is 1.70. The summed E-state index contributed by atoms with van der Waals surface area (Å²) >= 11 is 0. The lowest BCUT2D eigenvalue weighted by molar-refractivity contribution is -0.125. The topological polar surface area (TPSA) is 125 Å². The van der Waals surface area contributed by atoms with Crippen LogP contribution in [0.25, 0.3) is 10.9 Å². The van der Waals surface area contributed by atoms with Crippen molar-refractivity contribution >= 4 is 22.7 Å². The molecular weight excluding hydrogens is 262 g/mol. The predicted molar refractivity (Wildman–Crippen MR) is 72.1 cm³/mol. The molecule has 104 valence electrons. The lowest BCUT2D eigenvalue weighted by Crippen LogP contribution is -2.40. The van der Waals surface area contributed by atoms with E-state index in [2.05, 4.69) is 10.3 Å². The Hall–Kier alpha value is -2.67. The average Bonchev–Trinajstić information content (AvgIpc) is 2.44. The maximum Gasteiger partial charge on any atom is 0.267 e. The van der Waals surface area contributed by atoms with Gasteiger partial charge >= 0.3 is 0 Å². The van der Waals surface area contributed by atoms with Gasteiger partial charge in [0, 0.05) is 17.0 Å². The number of carbonyl (C=O) groups excluding carboxylic acids is 2. The summed E-state index contributed by atoms with van der Waals surface area (Å²) in [5, 5.41) is 12.0. The number of nitrogens with one attached hydrogen (secondary N) is 2. The van der Waals surface area contributed by atoms with Gasteiger partial charge in [0.2, 0.25) is 5.91 Å². The minimum absolute atomic E-state index is 0.0466. The van der Waals surface area contributed by atoms with Crippen molar-refractivity contribution in [3.63, 3.8) is 0 Å². The Morgan fingerprint density at radius 1 is 1.35 bits per heavy atom. The van der Waals surface area contributed by atoms with Gasteiger partial charge in [0.1, 0.15) is 11.8 Å². The first kappa shape index (κ1) is 13.8. The summed E-state index contributed by atoms with van der Waals surface area (Å²) in [5.74, 6) is -1.54. The van der Waals surface area contributed by atoms with Crippen LogP contribution in [-0.2, 0) is 4.79 Å². The molecule has 1 heterocycles. The van der Waals surface area contributed by atoms with E-state index in [4.69, 9.17) is 5.73 Å². The molecule has 20 heavy (non-hydrogen) atoms. The van der Waals surface area contributed by atoms with Crippen LogP contribution in [0.2, 0.25) is 0 Å². The number of pyridine rings is 1. The lowest BCUT2D eigenvalue weighted by Gasteiger charge is -2.09. The van der Waals surface area contributed by atoms with Gasteiger partial charge in [-0.15, -0.1) is 0 Å².